The Balaban J connectivity index is 0.00000231. The SMILES string of the molecule is [Br-].[Br-].c1cc2cc(c1)-c1ccc(cc1)Cn1n[n+](c3ccccc31)Cc1ccc(cc1)-c1cccc(c1)-c1ccc(cc1)C[n+]1nn(c3ccccc31)Cc1ccc-2cc1. The van der Waals surface area contributed by atoms with E-state index in [2.05, 4.69) is 213 Å². The standard InChI is InChI=1S/C52H40N6.2BrH/c1-2-12-50-49(11-1)55-33-37-15-23-41(24-16-37)45-7-5-9-47(31-45)43-27-19-39(20-28-43)35-57-51-13-3-4-14-52(51)58(54-57)36-40-21-29-44(30-22-40)48-10-6-8-46(32-48)42-25-17-38(18-26-42)34-56(50)53-55;;/h1-32H,33-36H2;2*1H/q+2;;/p-2. The van der Waals surface area contributed by atoms with E-state index < -0.39 is 0 Å². The van der Waals surface area contributed by atoms with Gasteiger partial charge in [-0.25, -0.2) is 0 Å². The van der Waals surface area contributed by atoms with Crippen molar-refractivity contribution < 1.29 is 43.3 Å². The summed E-state index contributed by atoms with van der Waals surface area (Å²) in [5, 5.41) is 10.2. The first-order chi connectivity index (χ1) is 28.7. The molecule has 9 heterocycles. The molecule has 0 saturated heterocycles. The van der Waals surface area contributed by atoms with Crippen LogP contribution in [0.5, 0.6) is 0 Å². The lowest BCUT2D eigenvalue weighted by Gasteiger charge is -2.08. The zero-order valence-corrected chi connectivity index (χ0v) is 35.9. The molecule has 8 aromatic carbocycles. The molecule has 0 amide bonds. The van der Waals surface area contributed by atoms with E-state index in [1.54, 1.807) is 0 Å². The molecule has 7 aliphatic rings. The van der Waals surface area contributed by atoms with Crippen LogP contribution < -0.4 is 43.3 Å². The average Bonchev–Trinajstić information content (AvgIpc) is 3.81. The van der Waals surface area contributed by atoms with Gasteiger partial charge >= 0.3 is 0 Å². The van der Waals surface area contributed by atoms with Crippen LogP contribution in [0.2, 0.25) is 0 Å². The normalized spacial score (nSPS) is 12.1. The monoisotopic (exact) mass is 906 g/mol. The van der Waals surface area contributed by atoms with E-state index in [1.807, 2.05) is 0 Å². The van der Waals surface area contributed by atoms with Crippen LogP contribution in [0.4, 0.5) is 0 Å². The summed E-state index contributed by atoms with van der Waals surface area (Å²) in [4.78, 5) is 0. The van der Waals surface area contributed by atoms with Crippen molar-refractivity contribution in [3.63, 3.8) is 0 Å². The minimum Gasteiger partial charge on any atom is -1.00 e. The Morgan fingerprint density at radius 3 is 0.983 bits per heavy atom. The van der Waals surface area contributed by atoms with Crippen LogP contribution in [0.3, 0.4) is 0 Å². The van der Waals surface area contributed by atoms with Gasteiger partial charge in [0.2, 0.25) is 0 Å². The van der Waals surface area contributed by atoms with Gasteiger partial charge in [-0.2, -0.15) is 0 Å². The minimum atomic E-state index is 0. The van der Waals surface area contributed by atoms with Crippen molar-refractivity contribution in [1.29, 1.82) is 0 Å². The van der Waals surface area contributed by atoms with Crippen LogP contribution in [0, 0.1) is 0 Å². The van der Waals surface area contributed by atoms with Crippen molar-refractivity contribution in [2.75, 3.05) is 0 Å². The van der Waals surface area contributed by atoms with Gasteiger partial charge in [0.15, 0.2) is 22.1 Å². The molecule has 2 aromatic heterocycles. The van der Waals surface area contributed by atoms with E-state index >= 15 is 0 Å². The zero-order chi connectivity index (χ0) is 38.4. The second-order valence-corrected chi connectivity index (χ2v) is 15.3. The molecule has 0 aliphatic carbocycles. The summed E-state index contributed by atoms with van der Waals surface area (Å²) in [6.07, 6.45) is 0. The van der Waals surface area contributed by atoms with Crippen LogP contribution in [0.1, 0.15) is 22.3 Å². The topological polar surface area (TPSA) is 43.4 Å². The first kappa shape index (κ1) is 39.0. The predicted molar refractivity (Wildman–Crippen MR) is 231 cm³/mol. The zero-order valence-electron chi connectivity index (χ0n) is 32.7. The molecule has 0 fully saturated rings. The molecule has 17 rings (SSSR count). The van der Waals surface area contributed by atoms with E-state index in [0.717, 1.165) is 22.1 Å². The number of fused-ring (bicyclic) bond motifs is 2. The molecule has 7 aliphatic heterocycles. The minimum absolute atomic E-state index is 0. The maximum Gasteiger partial charge on any atom is 0.198 e. The van der Waals surface area contributed by atoms with Gasteiger partial charge < -0.3 is 34.0 Å². The van der Waals surface area contributed by atoms with Crippen LogP contribution >= 0.6 is 0 Å². The lowest BCUT2D eigenvalue weighted by atomic mass is 9.98. The van der Waals surface area contributed by atoms with Crippen LogP contribution in [-0.4, -0.2) is 19.8 Å². The molecule has 0 atom stereocenters. The number of para-hydroxylation sites is 4. The van der Waals surface area contributed by atoms with Crippen LogP contribution in [0.25, 0.3) is 66.6 Å². The fraction of sp³-hybridized carbons (Fsp3) is 0.0769. The smallest absolute Gasteiger partial charge is 0.198 e. The Bertz CT molecular complexity index is 2690. The molecule has 0 unspecified atom stereocenters. The number of rotatable bonds is 0. The summed E-state index contributed by atoms with van der Waals surface area (Å²) in [7, 11) is 0. The van der Waals surface area contributed by atoms with Gasteiger partial charge in [-0.05, 0) is 103 Å². The Morgan fingerprint density at radius 2 is 0.633 bits per heavy atom. The summed E-state index contributed by atoms with van der Waals surface area (Å²) in [5.74, 6) is 0. The number of hydrogen-bond donors (Lipinski definition) is 0. The first-order valence-corrected chi connectivity index (χ1v) is 20.0. The van der Waals surface area contributed by atoms with E-state index in [4.69, 9.17) is 10.4 Å². The average molecular weight is 909 g/mol. The van der Waals surface area contributed by atoms with Gasteiger partial charge in [-0.3, -0.25) is 0 Å². The summed E-state index contributed by atoms with van der Waals surface area (Å²) in [6, 6.07) is 70.3. The second kappa shape index (κ2) is 16.6. The molecule has 6 nitrogen and oxygen atoms in total. The third-order valence-electron chi connectivity index (χ3n) is 11.5. The third-order valence-corrected chi connectivity index (χ3v) is 11.5. The van der Waals surface area contributed by atoms with E-state index in [1.165, 1.54) is 66.8 Å². The lowest BCUT2D eigenvalue weighted by Crippen LogP contribution is -3.00. The summed E-state index contributed by atoms with van der Waals surface area (Å²) >= 11 is 0. The Morgan fingerprint density at radius 1 is 0.317 bits per heavy atom. The summed E-state index contributed by atoms with van der Waals surface area (Å²) in [6.45, 7) is 2.75. The fourth-order valence-electron chi connectivity index (χ4n) is 8.38. The highest BCUT2D eigenvalue weighted by atomic mass is 79.9. The van der Waals surface area contributed by atoms with Crippen molar-refractivity contribution in [3.05, 3.63) is 216 Å². The molecular formula is C52H40Br2N6. The van der Waals surface area contributed by atoms with E-state index in [-0.39, 0.29) is 34.0 Å². The molecule has 0 saturated carbocycles. The van der Waals surface area contributed by atoms with E-state index in [9.17, 15) is 0 Å². The largest absolute Gasteiger partial charge is 1.00 e. The fourth-order valence-corrected chi connectivity index (χ4v) is 8.38. The molecular weight excluding hydrogens is 868 g/mol. The van der Waals surface area contributed by atoms with Gasteiger partial charge in [-0.1, -0.05) is 158 Å². The maximum atomic E-state index is 5.11. The molecule has 10 aromatic rings. The molecule has 0 N–H and O–H groups in total. The quantitative estimate of drug-likeness (QED) is 0.215. The van der Waals surface area contributed by atoms with Crippen molar-refractivity contribution in [1.82, 2.24) is 19.8 Å². The second-order valence-electron chi connectivity index (χ2n) is 15.3. The Labute approximate surface area is 370 Å². The van der Waals surface area contributed by atoms with Crippen molar-refractivity contribution >= 4 is 22.1 Å². The highest BCUT2D eigenvalue weighted by Gasteiger charge is 2.20. The summed E-state index contributed by atoms with van der Waals surface area (Å²) in [5.41, 5.74) is 18.9. The molecule has 292 valence electrons. The number of benzene rings is 8. The predicted octanol–water partition coefficient (Wildman–Crippen LogP) is 4.14. The van der Waals surface area contributed by atoms with Crippen LogP contribution in [-0.2, 0) is 26.2 Å². The van der Waals surface area contributed by atoms with Gasteiger partial charge in [-0.15, -0.1) is 18.7 Å². The van der Waals surface area contributed by atoms with Crippen LogP contribution in [0.15, 0.2) is 194 Å². The number of aromatic nitrogens is 6. The van der Waals surface area contributed by atoms with Gasteiger partial charge in [0.25, 0.3) is 0 Å². The number of halogens is 2. The molecule has 16 bridgehead atoms. The molecule has 60 heavy (non-hydrogen) atoms. The Kier molecular flexibility index (Phi) is 10.8. The Hall–Kier alpha value is -6.48. The van der Waals surface area contributed by atoms with Crippen molar-refractivity contribution in [2.45, 2.75) is 26.2 Å². The molecule has 0 spiro atoms. The van der Waals surface area contributed by atoms with Gasteiger partial charge in [0.05, 0.1) is 10.4 Å². The number of hydrogen-bond acceptors (Lipinski definition) is 2. The van der Waals surface area contributed by atoms with Crippen molar-refractivity contribution in [2.24, 2.45) is 0 Å². The van der Waals surface area contributed by atoms with Gasteiger partial charge in [0.1, 0.15) is 26.2 Å². The van der Waals surface area contributed by atoms with E-state index in [0.29, 0.717) is 26.2 Å². The van der Waals surface area contributed by atoms with Gasteiger partial charge in [0, 0.05) is 0 Å². The number of nitrogens with zero attached hydrogens (tertiary/aromatic N) is 6. The highest BCUT2D eigenvalue weighted by Crippen LogP contribution is 2.29. The molecule has 8 heteroatoms. The third kappa shape index (κ3) is 7.60. The maximum absolute atomic E-state index is 5.11. The molecule has 0 radical (unpaired) electrons. The highest BCUT2D eigenvalue weighted by molar-refractivity contribution is 5.76. The summed E-state index contributed by atoms with van der Waals surface area (Å²) < 4.78 is 8.49. The first-order valence-electron chi connectivity index (χ1n) is 20.0. The van der Waals surface area contributed by atoms with Crippen molar-refractivity contribution in [3.8, 4) is 44.5 Å². The lowest BCUT2D eigenvalue weighted by molar-refractivity contribution is -0.724.